The minimum absolute atomic E-state index is 0.143. The van der Waals surface area contributed by atoms with Crippen molar-refractivity contribution in [2.24, 2.45) is 0 Å². The molecular formula is C13H15N3O2. The summed E-state index contributed by atoms with van der Waals surface area (Å²) in [5.74, 6) is 0.334. The first-order valence-corrected chi connectivity index (χ1v) is 5.66. The van der Waals surface area contributed by atoms with Gasteiger partial charge in [0.05, 0.1) is 0 Å². The average Bonchev–Trinajstić information content (AvgIpc) is 2.79. The lowest BCUT2D eigenvalue weighted by Crippen LogP contribution is -2.19. The molecule has 0 unspecified atom stereocenters. The summed E-state index contributed by atoms with van der Waals surface area (Å²) >= 11 is 0. The number of aliphatic hydroxyl groups is 1. The highest BCUT2D eigenvalue weighted by atomic mass is 16.3. The van der Waals surface area contributed by atoms with Crippen LogP contribution in [0.25, 0.3) is 0 Å². The maximum absolute atomic E-state index is 11.8. The van der Waals surface area contributed by atoms with Crippen molar-refractivity contribution in [1.82, 2.24) is 9.55 Å². The first-order valence-electron chi connectivity index (χ1n) is 5.66. The monoisotopic (exact) mass is 245 g/mol. The van der Waals surface area contributed by atoms with Crippen molar-refractivity contribution in [3.8, 4) is 0 Å². The number of anilines is 1. The van der Waals surface area contributed by atoms with E-state index in [0.29, 0.717) is 5.82 Å². The molecule has 0 spiro atoms. The van der Waals surface area contributed by atoms with Crippen LogP contribution in [-0.4, -0.2) is 20.6 Å². The molecule has 2 N–H and O–H groups in total. The van der Waals surface area contributed by atoms with E-state index in [-0.39, 0.29) is 19.1 Å². The van der Waals surface area contributed by atoms with Gasteiger partial charge in [0.2, 0.25) is 5.91 Å². The number of benzene rings is 1. The highest BCUT2D eigenvalue weighted by Gasteiger charge is 2.07. The molecule has 0 bridgehead atoms. The smallest absolute Gasteiger partial charge is 0.244 e. The Morgan fingerprint density at radius 3 is 2.78 bits per heavy atom. The molecular weight excluding hydrogens is 230 g/mol. The van der Waals surface area contributed by atoms with Gasteiger partial charge in [0.25, 0.3) is 0 Å². The molecule has 1 aromatic heterocycles. The van der Waals surface area contributed by atoms with Gasteiger partial charge in [-0.3, -0.25) is 4.79 Å². The normalized spacial score (nSPS) is 10.3. The summed E-state index contributed by atoms with van der Waals surface area (Å²) in [4.78, 5) is 15.7. The zero-order valence-corrected chi connectivity index (χ0v) is 10.1. The Hall–Kier alpha value is -2.14. The summed E-state index contributed by atoms with van der Waals surface area (Å²) < 4.78 is 1.61. The molecule has 0 radical (unpaired) electrons. The average molecular weight is 245 g/mol. The molecule has 0 fully saturated rings. The van der Waals surface area contributed by atoms with Crippen LogP contribution in [0.5, 0.6) is 0 Å². The third kappa shape index (κ3) is 2.95. The molecule has 1 amide bonds. The van der Waals surface area contributed by atoms with Crippen molar-refractivity contribution < 1.29 is 9.90 Å². The third-order valence-corrected chi connectivity index (χ3v) is 2.59. The topological polar surface area (TPSA) is 67.2 Å². The Labute approximate surface area is 105 Å². The van der Waals surface area contributed by atoms with Crippen LogP contribution in [0.1, 0.15) is 11.4 Å². The number of aromatic nitrogens is 2. The predicted octanol–water partition coefficient (Wildman–Crippen LogP) is 1.32. The van der Waals surface area contributed by atoms with E-state index < -0.39 is 0 Å². The lowest BCUT2D eigenvalue weighted by atomic mass is 10.2. The predicted molar refractivity (Wildman–Crippen MR) is 68.0 cm³/mol. The number of aryl methyl sites for hydroxylation is 1. The molecule has 1 aromatic carbocycles. The largest absolute Gasteiger partial charge is 0.388 e. The Balaban J connectivity index is 1.99. The first kappa shape index (κ1) is 12.3. The fraction of sp³-hybridized carbons (Fsp3) is 0.231. The number of hydrogen-bond acceptors (Lipinski definition) is 3. The molecule has 5 nitrogen and oxygen atoms in total. The van der Waals surface area contributed by atoms with Crippen LogP contribution < -0.4 is 5.32 Å². The molecule has 18 heavy (non-hydrogen) atoms. The van der Waals surface area contributed by atoms with Crippen molar-refractivity contribution in [3.05, 3.63) is 48.0 Å². The number of hydrogen-bond donors (Lipinski definition) is 2. The van der Waals surface area contributed by atoms with Crippen molar-refractivity contribution >= 4 is 11.6 Å². The lowest BCUT2D eigenvalue weighted by Gasteiger charge is -2.07. The molecule has 0 saturated carbocycles. The van der Waals surface area contributed by atoms with E-state index in [9.17, 15) is 4.79 Å². The van der Waals surface area contributed by atoms with Gasteiger partial charge in [0.15, 0.2) is 0 Å². The van der Waals surface area contributed by atoms with E-state index in [1.807, 2.05) is 31.2 Å². The Morgan fingerprint density at radius 1 is 1.39 bits per heavy atom. The standard InChI is InChI=1S/C13H15N3O2/c1-10-2-4-11(5-3-10)15-13(18)8-16-7-6-14-12(16)9-17/h2-7,17H,8-9H2,1H3,(H,15,18). The summed E-state index contributed by atoms with van der Waals surface area (Å²) in [7, 11) is 0. The van der Waals surface area contributed by atoms with E-state index in [1.54, 1.807) is 17.0 Å². The SMILES string of the molecule is Cc1ccc(NC(=O)Cn2ccnc2CO)cc1. The van der Waals surface area contributed by atoms with Crippen LogP contribution in [0.4, 0.5) is 5.69 Å². The number of carbonyl (C=O) groups excluding carboxylic acids is 1. The molecule has 5 heteroatoms. The molecule has 0 aliphatic carbocycles. The van der Waals surface area contributed by atoms with Crippen LogP contribution in [-0.2, 0) is 17.9 Å². The highest BCUT2D eigenvalue weighted by molar-refractivity contribution is 5.90. The van der Waals surface area contributed by atoms with Crippen LogP contribution in [0.2, 0.25) is 0 Å². The second-order valence-corrected chi connectivity index (χ2v) is 4.04. The van der Waals surface area contributed by atoms with Gasteiger partial charge in [-0.15, -0.1) is 0 Å². The summed E-state index contributed by atoms with van der Waals surface area (Å²) in [6, 6.07) is 7.58. The molecule has 2 aromatic rings. The van der Waals surface area contributed by atoms with Crippen molar-refractivity contribution in [1.29, 1.82) is 0 Å². The van der Waals surface area contributed by atoms with Crippen molar-refractivity contribution in [2.45, 2.75) is 20.1 Å². The zero-order chi connectivity index (χ0) is 13.0. The lowest BCUT2D eigenvalue weighted by molar-refractivity contribution is -0.116. The van der Waals surface area contributed by atoms with Crippen LogP contribution in [0.3, 0.4) is 0 Å². The molecule has 0 aliphatic heterocycles. The Kier molecular flexibility index (Phi) is 3.74. The maximum Gasteiger partial charge on any atom is 0.244 e. The third-order valence-electron chi connectivity index (χ3n) is 2.59. The number of imidazole rings is 1. The van der Waals surface area contributed by atoms with Crippen LogP contribution in [0.15, 0.2) is 36.7 Å². The van der Waals surface area contributed by atoms with E-state index >= 15 is 0 Å². The number of aliphatic hydroxyl groups excluding tert-OH is 1. The molecule has 2 rings (SSSR count). The van der Waals surface area contributed by atoms with Gasteiger partial charge in [-0.05, 0) is 19.1 Å². The second kappa shape index (κ2) is 5.46. The van der Waals surface area contributed by atoms with E-state index in [4.69, 9.17) is 5.11 Å². The van der Waals surface area contributed by atoms with Gasteiger partial charge in [0.1, 0.15) is 19.0 Å². The molecule has 94 valence electrons. The zero-order valence-electron chi connectivity index (χ0n) is 10.1. The van der Waals surface area contributed by atoms with Gasteiger partial charge >= 0.3 is 0 Å². The van der Waals surface area contributed by atoms with Gasteiger partial charge in [0, 0.05) is 18.1 Å². The van der Waals surface area contributed by atoms with Gasteiger partial charge in [-0.25, -0.2) is 4.98 Å². The number of nitrogens with zero attached hydrogens (tertiary/aromatic N) is 2. The fourth-order valence-electron chi connectivity index (χ4n) is 1.63. The molecule has 1 heterocycles. The summed E-state index contributed by atoms with van der Waals surface area (Å²) in [6.45, 7) is 1.96. The quantitative estimate of drug-likeness (QED) is 0.853. The van der Waals surface area contributed by atoms with E-state index in [1.165, 1.54) is 0 Å². The van der Waals surface area contributed by atoms with Crippen LogP contribution >= 0.6 is 0 Å². The van der Waals surface area contributed by atoms with Gasteiger partial charge in [-0.1, -0.05) is 17.7 Å². The highest BCUT2D eigenvalue weighted by Crippen LogP contribution is 2.08. The van der Waals surface area contributed by atoms with Crippen molar-refractivity contribution in [2.75, 3.05) is 5.32 Å². The first-order chi connectivity index (χ1) is 8.69. The minimum Gasteiger partial charge on any atom is -0.388 e. The number of nitrogens with one attached hydrogen (secondary N) is 1. The van der Waals surface area contributed by atoms with Crippen LogP contribution in [0, 0.1) is 6.92 Å². The molecule has 0 atom stereocenters. The number of rotatable bonds is 4. The van der Waals surface area contributed by atoms with Crippen molar-refractivity contribution in [3.63, 3.8) is 0 Å². The summed E-state index contributed by atoms with van der Waals surface area (Å²) in [5, 5.41) is 11.8. The minimum atomic E-state index is -0.176. The molecule has 0 saturated heterocycles. The summed E-state index contributed by atoms with van der Waals surface area (Å²) in [5.41, 5.74) is 1.90. The van der Waals surface area contributed by atoms with Gasteiger partial charge < -0.3 is 15.0 Å². The second-order valence-electron chi connectivity index (χ2n) is 4.04. The number of carbonyl (C=O) groups is 1. The Morgan fingerprint density at radius 2 is 2.11 bits per heavy atom. The van der Waals surface area contributed by atoms with E-state index in [2.05, 4.69) is 10.3 Å². The summed E-state index contributed by atoms with van der Waals surface area (Å²) in [6.07, 6.45) is 3.23. The maximum atomic E-state index is 11.8. The fourth-order valence-corrected chi connectivity index (χ4v) is 1.63. The van der Waals surface area contributed by atoms with Gasteiger partial charge in [-0.2, -0.15) is 0 Å². The number of amides is 1. The molecule has 0 aliphatic rings. The van der Waals surface area contributed by atoms with E-state index in [0.717, 1.165) is 11.3 Å². The Bertz CT molecular complexity index is 531.